The van der Waals surface area contributed by atoms with E-state index in [0.717, 1.165) is 30.8 Å². The Labute approximate surface area is 201 Å². The summed E-state index contributed by atoms with van der Waals surface area (Å²) in [5, 5.41) is 0. The van der Waals surface area contributed by atoms with Gasteiger partial charge in [0.2, 0.25) is 0 Å². The minimum Gasteiger partial charge on any atom is -0.295 e. The van der Waals surface area contributed by atoms with E-state index in [4.69, 9.17) is 8.74 Å². The second-order valence-corrected chi connectivity index (χ2v) is 13.7. The predicted octanol–water partition coefficient (Wildman–Crippen LogP) is 6.39. The lowest BCUT2D eigenvalue weighted by Crippen LogP contribution is -2.53. The molecule has 6 heteroatoms. The van der Waals surface area contributed by atoms with Gasteiger partial charge in [-0.15, -0.1) is 0 Å². The summed E-state index contributed by atoms with van der Waals surface area (Å²) in [6.07, 6.45) is 11.7. The van der Waals surface area contributed by atoms with Crippen LogP contribution in [0.2, 0.25) is 0 Å². The van der Waals surface area contributed by atoms with Gasteiger partial charge in [0.1, 0.15) is 0 Å². The van der Waals surface area contributed by atoms with Crippen molar-refractivity contribution in [3.63, 3.8) is 0 Å². The van der Waals surface area contributed by atoms with Crippen molar-refractivity contribution in [3.8, 4) is 0 Å². The van der Waals surface area contributed by atoms with Gasteiger partial charge < -0.3 is 0 Å². The molecule has 3 fully saturated rings. The molecule has 0 radical (unpaired) electrons. The van der Waals surface area contributed by atoms with Crippen LogP contribution in [0.1, 0.15) is 98.8 Å². The molecule has 188 valence electrons. The summed E-state index contributed by atoms with van der Waals surface area (Å²) in [5.74, 6) is 3.34. The molecular formula is C27H44O5S. The first-order chi connectivity index (χ1) is 15.3. The standard InChI is InChI=1S/C27H44O5S/c1-17(2)7-6-8-18(3)21-9-10-22-25-23(12-14-27(21,22)5)26(4)13-11-20(32-33(29,30)31)15-19(26)16-24(25)28/h16-18,20-23,25H,6-15H2,1-5H3,(H,29,30,31)/t18-,20+,21-,22?,23?,25?,26+,27-/m1/s1. The van der Waals surface area contributed by atoms with Crippen LogP contribution >= 0.6 is 0 Å². The van der Waals surface area contributed by atoms with Gasteiger partial charge in [-0.1, -0.05) is 59.5 Å². The smallest absolute Gasteiger partial charge is 0.295 e. The van der Waals surface area contributed by atoms with Crippen LogP contribution in [0.4, 0.5) is 0 Å². The highest BCUT2D eigenvalue weighted by atomic mass is 32.3. The summed E-state index contributed by atoms with van der Waals surface area (Å²) < 4.78 is 36.5. The van der Waals surface area contributed by atoms with Gasteiger partial charge in [-0.2, -0.15) is 8.42 Å². The summed E-state index contributed by atoms with van der Waals surface area (Å²) in [6, 6.07) is 0. The first-order valence-electron chi connectivity index (χ1n) is 13.3. The average Bonchev–Trinajstić information content (AvgIpc) is 3.05. The Kier molecular flexibility index (Phi) is 6.96. The molecule has 33 heavy (non-hydrogen) atoms. The number of allylic oxidation sites excluding steroid dienone is 1. The second-order valence-electron chi connectivity index (χ2n) is 12.6. The first kappa shape index (κ1) is 25.4. The van der Waals surface area contributed by atoms with Gasteiger partial charge in [-0.05, 0) is 91.4 Å². The number of ketones is 1. The molecule has 5 nitrogen and oxygen atoms in total. The van der Waals surface area contributed by atoms with Crippen molar-refractivity contribution in [3.05, 3.63) is 11.6 Å². The maximum absolute atomic E-state index is 13.5. The molecule has 0 aromatic rings. The third-order valence-corrected chi connectivity index (χ3v) is 10.9. The molecule has 0 spiro atoms. The fourth-order valence-corrected chi connectivity index (χ4v) is 9.16. The van der Waals surface area contributed by atoms with Gasteiger partial charge in [-0.3, -0.25) is 9.35 Å². The largest absolute Gasteiger partial charge is 0.397 e. The van der Waals surface area contributed by atoms with E-state index in [2.05, 4.69) is 34.6 Å². The van der Waals surface area contributed by atoms with Gasteiger partial charge in [0.25, 0.3) is 0 Å². The van der Waals surface area contributed by atoms with Crippen LogP contribution in [0, 0.1) is 46.3 Å². The Morgan fingerprint density at radius 2 is 1.79 bits per heavy atom. The maximum atomic E-state index is 13.5. The van der Waals surface area contributed by atoms with E-state index in [1.165, 1.54) is 32.1 Å². The van der Waals surface area contributed by atoms with E-state index in [9.17, 15) is 13.2 Å². The van der Waals surface area contributed by atoms with Crippen molar-refractivity contribution in [1.82, 2.24) is 0 Å². The van der Waals surface area contributed by atoms with E-state index < -0.39 is 16.5 Å². The minimum atomic E-state index is -4.48. The maximum Gasteiger partial charge on any atom is 0.397 e. The Hall–Kier alpha value is -0.720. The van der Waals surface area contributed by atoms with Crippen molar-refractivity contribution in [1.29, 1.82) is 0 Å². The molecule has 0 bridgehead atoms. The highest BCUT2D eigenvalue weighted by Crippen LogP contribution is 2.66. The molecule has 0 amide bonds. The van der Waals surface area contributed by atoms with Crippen molar-refractivity contribution in [2.75, 3.05) is 0 Å². The fraction of sp³-hybridized carbons (Fsp3) is 0.889. The lowest BCUT2D eigenvalue weighted by atomic mass is 9.46. The van der Waals surface area contributed by atoms with E-state index >= 15 is 0 Å². The normalized spacial score (nSPS) is 41.8. The number of carbonyl (C=O) groups is 1. The highest BCUT2D eigenvalue weighted by Gasteiger charge is 2.61. The van der Waals surface area contributed by atoms with E-state index in [1.807, 2.05) is 6.08 Å². The SMILES string of the molecule is CC(C)CCC[C@@H](C)[C@H]1CCC2C3C(=O)C=C4C[C@@H](OS(=O)(=O)O)CC[C@]4(C)C3CC[C@@]21C. The molecular weight excluding hydrogens is 436 g/mol. The number of fused-ring (bicyclic) bond motifs is 5. The Bertz CT molecular complexity index is 892. The number of hydrogen-bond donors (Lipinski definition) is 1. The second kappa shape index (κ2) is 9.05. The summed E-state index contributed by atoms with van der Waals surface area (Å²) in [7, 11) is -4.48. The molecule has 0 aliphatic heterocycles. The molecule has 0 saturated heterocycles. The van der Waals surface area contributed by atoms with Crippen molar-refractivity contribution in [2.45, 2.75) is 105 Å². The van der Waals surface area contributed by atoms with Crippen molar-refractivity contribution >= 4 is 16.2 Å². The van der Waals surface area contributed by atoms with Crippen LogP contribution in [-0.4, -0.2) is 24.9 Å². The zero-order valence-electron chi connectivity index (χ0n) is 21.2. The quantitative estimate of drug-likeness (QED) is 0.427. The lowest BCUT2D eigenvalue weighted by molar-refractivity contribution is -0.135. The van der Waals surface area contributed by atoms with Gasteiger partial charge in [0.15, 0.2) is 5.78 Å². The zero-order chi connectivity index (χ0) is 24.2. The van der Waals surface area contributed by atoms with E-state index in [-0.39, 0.29) is 22.5 Å². The molecule has 8 atom stereocenters. The van der Waals surface area contributed by atoms with Gasteiger partial charge >= 0.3 is 10.4 Å². The molecule has 1 N–H and O–H groups in total. The van der Waals surface area contributed by atoms with Crippen LogP contribution in [0.5, 0.6) is 0 Å². The molecule has 4 aliphatic rings. The Balaban J connectivity index is 1.52. The van der Waals surface area contributed by atoms with E-state index in [1.54, 1.807) is 0 Å². The molecule has 0 aromatic carbocycles. The van der Waals surface area contributed by atoms with Crippen LogP contribution in [0.3, 0.4) is 0 Å². The molecule has 3 saturated carbocycles. The van der Waals surface area contributed by atoms with Crippen molar-refractivity contribution < 1.29 is 21.9 Å². The van der Waals surface area contributed by atoms with Crippen LogP contribution < -0.4 is 0 Å². The lowest BCUT2D eigenvalue weighted by Gasteiger charge is -2.57. The molecule has 4 aliphatic carbocycles. The van der Waals surface area contributed by atoms with Crippen LogP contribution in [-0.2, 0) is 19.4 Å². The van der Waals surface area contributed by atoms with Crippen LogP contribution in [0.15, 0.2) is 11.6 Å². The van der Waals surface area contributed by atoms with Crippen molar-refractivity contribution in [2.24, 2.45) is 46.3 Å². The van der Waals surface area contributed by atoms with E-state index in [0.29, 0.717) is 36.5 Å². The van der Waals surface area contributed by atoms with Crippen LogP contribution in [0.25, 0.3) is 0 Å². The van der Waals surface area contributed by atoms with Gasteiger partial charge in [-0.25, -0.2) is 4.18 Å². The van der Waals surface area contributed by atoms with Gasteiger partial charge in [0.05, 0.1) is 6.10 Å². The molecule has 4 rings (SSSR count). The third kappa shape index (κ3) is 4.73. The highest BCUT2D eigenvalue weighted by molar-refractivity contribution is 7.80. The summed E-state index contributed by atoms with van der Waals surface area (Å²) in [6.45, 7) is 11.8. The average molecular weight is 481 g/mol. The Morgan fingerprint density at radius 3 is 2.45 bits per heavy atom. The molecule has 3 unspecified atom stereocenters. The van der Waals surface area contributed by atoms with Gasteiger partial charge in [0, 0.05) is 5.92 Å². The summed E-state index contributed by atoms with van der Waals surface area (Å²) >= 11 is 0. The molecule has 0 heterocycles. The predicted molar refractivity (Wildman–Crippen MR) is 130 cm³/mol. The monoisotopic (exact) mass is 480 g/mol. The summed E-state index contributed by atoms with van der Waals surface area (Å²) in [4.78, 5) is 13.5. The number of carbonyl (C=O) groups excluding carboxylic acids is 1. The summed E-state index contributed by atoms with van der Waals surface area (Å²) in [5.41, 5.74) is 1.22. The number of hydrogen-bond acceptors (Lipinski definition) is 4. The Morgan fingerprint density at radius 1 is 1.06 bits per heavy atom. The number of rotatable bonds is 7. The third-order valence-electron chi connectivity index (χ3n) is 10.4. The zero-order valence-corrected chi connectivity index (χ0v) is 22.0. The first-order valence-corrected chi connectivity index (χ1v) is 14.6. The minimum absolute atomic E-state index is 0.0695. The fourth-order valence-electron chi connectivity index (χ4n) is 8.65. The molecule has 0 aromatic heterocycles. The topological polar surface area (TPSA) is 80.7 Å².